The van der Waals surface area contributed by atoms with Crippen LogP contribution in [0.2, 0.25) is 5.15 Å². The Morgan fingerprint density at radius 1 is 1.67 bits per heavy atom. The molecule has 1 aliphatic rings. The molecule has 0 spiro atoms. The number of halogens is 1. The van der Waals surface area contributed by atoms with Crippen molar-refractivity contribution in [2.75, 3.05) is 13.1 Å². The summed E-state index contributed by atoms with van der Waals surface area (Å²) in [5, 5.41) is 7.48. The van der Waals surface area contributed by atoms with Crippen molar-refractivity contribution in [1.29, 1.82) is 0 Å². The van der Waals surface area contributed by atoms with E-state index in [2.05, 4.69) is 22.5 Å². The Kier molecular flexibility index (Phi) is 3.24. The van der Waals surface area contributed by atoms with Crippen molar-refractivity contribution in [2.45, 2.75) is 25.4 Å². The van der Waals surface area contributed by atoms with Gasteiger partial charge in [-0.2, -0.15) is 0 Å². The minimum absolute atomic E-state index is 0.194. The van der Waals surface area contributed by atoms with E-state index in [9.17, 15) is 0 Å². The van der Waals surface area contributed by atoms with Gasteiger partial charge in [-0.15, -0.1) is 0 Å². The zero-order valence-electron chi connectivity index (χ0n) is 8.89. The number of aromatic nitrogens is 1. The Bertz CT molecular complexity index is 334. The number of pyridine rings is 1. The van der Waals surface area contributed by atoms with E-state index in [0.29, 0.717) is 5.15 Å². The number of hydrogen-bond donors (Lipinski definition) is 2. The molecule has 0 radical (unpaired) electrons. The Labute approximate surface area is 95.2 Å². The Morgan fingerprint density at radius 3 is 3.20 bits per heavy atom. The van der Waals surface area contributed by atoms with E-state index in [1.165, 1.54) is 0 Å². The standard InChI is InChI=1S/C11H16ClN3/c1-11(4-6-13-8-11)15-7-9-3-2-5-14-10(9)12/h2-3,5,13,15H,4,6-8H2,1H3. The fourth-order valence-electron chi connectivity index (χ4n) is 1.83. The molecule has 82 valence electrons. The molecule has 0 amide bonds. The van der Waals surface area contributed by atoms with Crippen LogP contribution in [0.1, 0.15) is 18.9 Å². The first-order chi connectivity index (χ1) is 7.20. The summed E-state index contributed by atoms with van der Waals surface area (Å²) in [6.45, 7) is 5.12. The first-order valence-electron chi connectivity index (χ1n) is 5.25. The average molecular weight is 226 g/mol. The van der Waals surface area contributed by atoms with E-state index < -0.39 is 0 Å². The third kappa shape index (κ3) is 2.68. The van der Waals surface area contributed by atoms with Crippen molar-refractivity contribution in [3.05, 3.63) is 29.0 Å². The topological polar surface area (TPSA) is 37.0 Å². The maximum absolute atomic E-state index is 5.99. The highest BCUT2D eigenvalue weighted by Gasteiger charge is 2.27. The molecular formula is C11H16ClN3. The van der Waals surface area contributed by atoms with Gasteiger partial charge in [-0.05, 0) is 26.0 Å². The van der Waals surface area contributed by atoms with Crippen molar-refractivity contribution in [2.24, 2.45) is 0 Å². The second-order valence-electron chi connectivity index (χ2n) is 4.29. The van der Waals surface area contributed by atoms with Crippen LogP contribution in [0.15, 0.2) is 18.3 Å². The van der Waals surface area contributed by atoms with Gasteiger partial charge in [0.2, 0.25) is 0 Å². The highest BCUT2D eigenvalue weighted by molar-refractivity contribution is 6.30. The van der Waals surface area contributed by atoms with E-state index in [4.69, 9.17) is 11.6 Å². The summed E-state index contributed by atoms with van der Waals surface area (Å²) in [4.78, 5) is 4.06. The van der Waals surface area contributed by atoms with Crippen molar-refractivity contribution in [3.8, 4) is 0 Å². The van der Waals surface area contributed by atoms with Crippen LogP contribution >= 0.6 is 11.6 Å². The lowest BCUT2D eigenvalue weighted by Gasteiger charge is -2.24. The van der Waals surface area contributed by atoms with Crippen LogP contribution in [0.3, 0.4) is 0 Å². The number of hydrogen-bond acceptors (Lipinski definition) is 3. The maximum Gasteiger partial charge on any atom is 0.133 e. The first-order valence-corrected chi connectivity index (χ1v) is 5.63. The lowest BCUT2D eigenvalue weighted by molar-refractivity contribution is 0.385. The summed E-state index contributed by atoms with van der Waals surface area (Å²) >= 11 is 5.99. The normalized spacial score (nSPS) is 25.7. The summed E-state index contributed by atoms with van der Waals surface area (Å²) < 4.78 is 0. The van der Waals surface area contributed by atoms with Crippen molar-refractivity contribution >= 4 is 11.6 Å². The van der Waals surface area contributed by atoms with Gasteiger partial charge in [-0.1, -0.05) is 17.7 Å². The van der Waals surface area contributed by atoms with Gasteiger partial charge in [0.15, 0.2) is 0 Å². The van der Waals surface area contributed by atoms with E-state index in [1.54, 1.807) is 6.20 Å². The molecule has 1 saturated heterocycles. The van der Waals surface area contributed by atoms with Gasteiger partial charge in [-0.25, -0.2) is 4.98 Å². The van der Waals surface area contributed by atoms with Gasteiger partial charge in [0.25, 0.3) is 0 Å². The fourth-order valence-corrected chi connectivity index (χ4v) is 2.01. The van der Waals surface area contributed by atoms with Crippen molar-refractivity contribution < 1.29 is 0 Å². The molecule has 0 aliphatic carbocycles. The Balaban J connectivity index is 1.95. The highest BCUT2D eigenvalue weighted by atomic mass is 35.5. The fraction of sp³-hybridized carbons (Fsp3) is 0.545. The summed E-state index contributed by atoms with van der Waals surface area (Å²) in [5.74, 6) is 0. The SMILES string of the molecule is CC1(NCc2cccnc2Cl)CCNC1. The molecule has 1 fully saturated rings. The average Bonchev–Trinajstić information content (AvgIpc) is 2.65. The second kappa shape index (κ2) is 4.47. The molecule has 1 atom stereocenters. The van der Waals surface area contributed by atoms with Gasteiger partial charge in [0.05, 0.1) is 0 Å². The lowest BCUT2D eigenvalue weighted by atomic mass is 10.0. The third-order valence-corrected chi connectivity index (χ3v) is 3.25. The van der Waals surface area contributed by atoms with Crippen LogP contribution in [-0.2, 0) is 6.54 Å². The number of nitrogens with zero attached hydrogens (tertiary/aromatic N) is 1. The van der Waals surface area contributed by atoms with E-state index in [-0.39, 0.29) is 5.54 Å². The summed E-state index contributed by atoms with van der Waals surface area (Å²) in [7, 11) is 0. The summed E-state index contributed by atoms with van der Waals surface area (Å²) in [6.07, 6.45) is 2.87. The molecule has 1 unspecified atom stereocenters. The molecule has 2 heterocycles. The molecule has 0 bridgehead atoms. The van der Waals surface area contributed by atoms with Gasteiger partial charge >= 0.3 is 0 Å². The molecule has 3 nitrogen and oxygen atoms in total. The molecule has 15 heavy (non-hydrogen) atoms. The Morgan fingerprint density at radius 2 is 2.53 bits per heavy atom. The quantitative estimate of drug-likeness (QED) is 0.767. The molecule has 1 aromatic rings. The minimum Gasteiger partial charge on any atom is -0.315 e. The lowest BCUT2D eigenvalue weighted by Crippen LogP contribution is -2.43. The van der Waals surface area contributed by atoms with Gasteiger partial charge < -0.3 is 10.6 Å². The molecule has 2 N–H and O–H groups in total. The molecular weight excluding hydrogens is 210 g/mol. The van der Waals surface area contributed by atoms with Gasteiger partial charge in [-0.3, -0.25) is 0 Å². The second-order valence-corrected chi connectivity index (χ2v) is 4.65. The molecule has 1 aliphatic heterocycles. The zero-order valence-corrected chi connectivity index (χ0v) is 9.64. The monoisotopic (exact) mass is 225 g/mol. The minimum atomic E-state index is 0.194. The van der Waals surface area contributed by atoms with Crippen LogP contribution in [0.4, 0.5) is 0 Å². The number of rotatable bonds is 3. The first kappa shape index (κ1) is 10.9. The smallest absolute Gasteiger partial charge is 0.133 e. The van der Waals surface area contributed by atoms with E-state index in [1.807, 2.05) is 12.1 Å². The highest BCUT2D eigenvalue weighted by Crippen LogP contribution is 2.16. The van der Waals surface area contributed by atoms with Crippen molar-refractivity contribution in [3.63, 3.8) is 0 Å². The number of nitrogens with one attached hydrogen (secondary N) is 2. The summed E-state index contributed by atoms with van der Waals surface area (Å²) in [5.41, 5.74) is 1.26. The van der Waals surface area contributed by atoms with Crippen LogP contribution in [0.5, 0.6) is 0 Å². The molecule has 1 aromatic heterocycles. The van der Waals surface area contributed by atoms with Crippen LogP contribution in [-0.4, -0.2) is 23.6 Å². The van der Waals surface area contributed by atoms with E-state index in [0.717, 1.165) is 31.6 Å². The predicted molar refractivity (Wildman–Crippen MR) is 62.0 cm³/mol. The maximum atomic E-state index is 5.99. The van der Waals surface area contributed by atoms with Crippen LogP contribution in [0.25, 0.3) is 0 Å². The van der Waals surface area contributed by atoms with Crippen LogP contribution in [0, 0.1) is 0 Å². The molecule has 0 saturated carbocycles. The van der Waals surface area contributed by atoms with Crippen LogP contribution < -0.4 is 10.6 Å². The predicted octanol–water partition coefficient (Wildman–Crippen LogP) is 1.58. The Hall–Kier alpha value is -0.640. The zero-order chi connectivity index (χ0) is 10.7. The third-order valence-electron chi connectivity index (χ3n) is 2.91. The largest absolute Gasteiger partial charge is 0.315 e. The summed E-state index contributed by atoms with van der Waals surface area (Å²) in [6, 6.07) is 3.92. The molecule has 0 aromatic carbocycles. The van der Waals surface area contributed by atoms with Gasteiger partial charge in [0, 0.05) is 30.4 Å². The van der Waals surface area contributed by atoms with Crippen molar-refractivity contribution in [1.82, 2.24) is 15.6 Å². The van der Waals surface area contributed by atoms with E-state index >= 15 is 0 Å². The molecule has 4 heteroatoms. The van der Waals surface area contributed by atoms with Gasteiger partial charge in [0.1, 0.15) is 5.15 Å². The molecule has 2 rings (SSSR count).